The van der Waals surface area contributed by atoms with Crippen molar-refractivity contribution in [1.29, 1.82) is 0 Å². The summed E-state index contributed by atoms with van der Waals surface area (Å²) in [4.78, 5) is 2.49. The van der Waals surface area contributed by atoms with Crippen molar-refractivity contribution >= 4 is 0 Å². The Morgan fingerprint density at radius 1 is 1.44 bits per heavy atom. The van der Waals surface area contributed by atoms with Crippen LogP contribution in [0.2, 0.25) is 0 Å². The van der Waals surface area contributed by atoms with Gasteiger partial charge in [-0.2, -0.15) is 0 Å². The van der Waals surface area contributed by atoms with E-state index in [0.717, 1.165) is 12.3 Å². The fourth-order valence-electron chi connectivity index (χ4n) is 2.72. The summed E-state index contributed by atoms with van der Waals surface area (Å²) in [6, 6.07) is 5.08. The molecule has 1 saturated heterocycles. The number of likely N-dealkylation sites (tertiary alicyclic amines) is 1. The standard InChI is InChI=1S/C13H22N2O/c1-10(14)12-6-3-4-8-15(12)11(2)13-7-5-9-16-13/h5,7,9-12H,3-4,6,8,14H2,1-2H3. The van der Waals surface area contributed by atoms with Gasteiger partial charge in [0.25, 0.3) is 0 Å². The maximum atomic E-state index is 6.08. The van der Waals surface area contributed by atoms with Crippen LogP contribution in [0, 0.1) is 0 Å². The van der Waals surface area contributed by atoms with Crippen molar-refractivity contribution in [3.05, 3.63) is 24.2 Å². The molecule has 1 aliphatic rings. The van der Waals surface area contributed by atoms with E-state index in [1.54, 1.807) is 6.26 Å². The first-order valence-corrected chi connectivity index (χ1v) is 6.25. The SMILES string of the molecule is CC(N)C1CCCCN1C(C)c1ccco1. The zero-order chi connectivity index (χ0) is 11.5. The fourth-order valence-corrected chi connectivity index (χ4v) is 2.72. The summed E-state index contributed by atoms with van der Waals surface area (Å²) in [5.41, 5.74) is 6.08. The van der Waals surface area contributed by atoms with E-state index >= 15 is 0 Å². The summed E-state index contributed by atoms with van der Waals surface area (Å²) in [5.74, 6) is 1.05. The Balaban J connectivity index is 2.11. The smallest absolute Gasteiger partial charge is 0.120 e. The highest BCUT2D eigenvalue weighted by Gasteiger charge is 2.30. The maximum Gasteiger partial charge on any atom is 0.120 e. The Labute approximate surface area is 97.6 Å². The van der Waals surface area contributed by atoms with Crippen LogP contribution < -0.4 is 5.73 Å². The van der Waals surface area contributed by atoms with E-state index in [-0.39, 0.29) is 6.04 Å². The second-order valence-corrected chi connectivity index (χ2v) is 4.85. The molecule has 0 spiro atoms. The summed E-state index contributed by atoms with van der Waals surface area (Å²) in [5, 5.41) is 0. The molecule has 1 aromatic rings. The van der Waals surface area contributed by atoms with Gasteiger partial charge >= 0.3 is 0 Å². The second-order valence-electron chi connectivity index (χ2n) is 4.85. The molecule has 0 aromatic carbocycles. The van der Waals surface area contributed by atoms with Gasteiger partial charge in [0.05, 0.1) is 12.3 Å². The Kier molecular flexibility index (Phi) is 3.66. The van der Waals surface area contributed by atoms with E-state index in [9.17, 15) is 0 Å². The molecule has 0 radical (unpaired) electrons. The summed E-state index contributed by atoms with van der Waals surface area (Å²) < 4.78 is 5.49. The molecule has 0 amide bonds. The van der Waals surface area contributed by atoms with Gasteiger partial charge in [0, 0.05) is 12.1 Å². The van der Waals surface area contributed by atoms with Crippen molar-refractivity contribution in [2.75, 3.05) is 6.54 Å². The molecule has 1 aromatic heterocycles. The molecule has 3 nitrogen and oxygen atoms in total. The van der Waals surface area contributed by atoms with Gasteiger partial charge in [-0.15, -0.1) is 0 Å². The van der Waals surface area contributed by atoms with Crippen LogP contribution in [0.25, 0.3) is 0 Å². The fraction of sp³-hybridized carbons (Fsp3) is 0.692. The predicted molar refractivity (Wildman–Crippen MR) is 65.1 cm³/mol. The van der Waals surface area contributed by atoms with Crippen LogP contribution in [0.3, 0.4) is 0 Å². The van der Waals surface area contributed by atoms with E-state index in [1.165, 1.54) is 19.3 Å². The lowest BCUT2D eigenvalue weighted by molar-refractivity contribution is 0.0784. The maximum absolute atomic E-state index is 6.08. The lowest BCUT2D eigenvalue weighted by atomic mass is 9.95. The molecule has 0 aliphatic carbocycles. The van der Waals surface area contributed by atoms with Crippen LogP contribution in [-0.2, 0) is 0 Å². The minimum absolute atomic E-state index is 0.234. The molecule has 1 aliphatic heterocycles. The normalized spacial score (nSPS) is 26.6. The average molecular weight is 222 g/mol. The van der Waals surface area contributed by atoms with Crippen LogP contribution in [0.15, 0.2) is 22.8 Å². The largest absolute Gasteiger partial charge is 0.468 e. The Hall–Kier alpha value is -0.800. The predicted octanol–water partition coefficient (Wildman–Crippen LogP) is 2.54. The number of nitrogens with two attached hydrogens (primary N) is 1. The molecule has 0 bridgehead atoms. The zero-order valence-corrected chi connectivity index (χ0v) is 10.2. The minimum Gasteiger partial charge on any atom is -0.468 e. The highest BCUT2D eigenvalue weighted by Crippen LogP contribution is 2.29. The molecule has 2 heterocycles. The topological polar surface area (TPSA) is 42.4 Å². The van der Waals surface area contributed by atoms with Crippen LogP contribution in [-0.4, -0.2) is 23.5 Å². The van der Waals surface area contributed by atoms with Gasteiger partial charge in [-0.25, -0.2) is 0 Å². The summed E-state index contributed by atoms with van der Waals surface area (Å²) >= 11 is 0. The number of rotatable bonds is 3. The van der Waals surface area contributed by atoms with Gasteiger partial charge in [0.2, 0.25) is 0 Å². The lowest BCUT2D eigenvalue weighted by Gasteiger charge is -2.41. The second kappa shape index (κ2) is 5.02. The summed E-state index contributed by atoms with van der Waals surface area (Å²) in [7, 11) is 0. The highest BCUT2D eigenvalue weighted by molar-refractivity contribution is 5.05. The van der Waals surface area contributed by atoms with E-state index < -0.39 is 0 Å². The number of hydrogen-bond donors (Lipinski definition) is 1. The molecule has 3 unspecified atom stereocenters. The summed E-state index contributed by atoms with van der Waals surface area (Å²) in [6.07, 6.45) is 5.53. The quantitative estimate of drug-likeness (QED) is 0.854. The number of furan rings is 1. The number of hydrogen-bond acceptors (Lipinski definition) is 3. The monoisotopic (exact) mass is 222 g/mol. The van der Waals surface area contributed by atoms with Crippen molar-refractivity contribution in [3.63, 3.8) is 0 Å². The molecular weight excluding hydrogens is 200 g/mol. The van der Waals surface area contributed by atoms with E-state index in [2.05, 4.69) is 24.8 Å². The third-order valence-corrected chi connectivity index (χ3v) is 3.65. The molecule has 3 atom stereocenters. The first-order chi connectivity index (χ1) is 7.70. The molecule has 0 saturated carbocycles. The third kappa shape index (κ3) is 2.30. The zero-order valence-electron chi connectivity index (χ0n) is 10.2. The van der Waals surface area contributed by atoms with E-state index in [4.69, 9.17) is 10.2 Å². The van der Waals surface area contributed by atoms with Crippen LogP contribution in [0.4, 0.5) is 0 Å². The van der Waals surface area contributed by atoms with Crippen molar-refractivity contribution in [2.45, 2.75) is 51.2 Å². The Bertz CT molecular complexity index is 308. The van der Waals surface area contributed by atoms with E-state index in [0.29, 0.717) is 12.1 Å². The third-order valence-electron chi connectivity index (χ3n) is 3.65. The molecule has 90 valence electrons. The number of nitrogens with zero attached hydrogens (tertiary/aromatic N) is 1. The molecule has 2 N–H and O–H groups in total. The Morgan fingerprint density at radius 2 is 2.25 bits per heavy atom. The molecule has 3 heteroatoms. The van der Waals surface area contributed by atoms with Gasteiger partial charge < -0.3 is 10.2 Å². The van der Waals surface area contributed by atoms with Crippen molar-refractivity contribution in [2.24, 2.45) is 5.73 Å². The molecule has 2 rings (SSSR count). The minimum atomic E-state index is 0.234. The van der Waals surface area contributed by atoms with E-state index in [1.807, 2.05) is 6.07 Å². The lowest BCUT2D eigenvalue weighted by Crippen LogP contribution is -2.49. The van der Waals surface area contributed by atoms with Gasteiger partial charge in [0.15, 0.2) is 0 Å². The van der Waals surface area contributed by atoms with Crippen molar-refractivity contribution < 1.29 is 4.42 Å². The van der Waals surface area contributed by atoms with Gasteiger partial charge in [-0.05, 0) is 45.4 Å². The average Bonchev–Trinajstić information content (AvgIpc) is 2.81. The first-order valence-electron chi connectivity index (χ1n) is 6.25. The first kappa shape index (κ1) is 11.7. The molecular formula is C13H22N2O. The van der Waals surface area contributed by atoms with Gasteiger partial charge in [-0.3, -0.25) is 4.90 Å². The molecule has 16 heavy (non-hydrogen) atoms. The van der Waals surface area contributed by atoms with Crippen molar-refractivity contribution in [3.8, 4) is 0 Å². The van der Waals surface area contributed by atoms with Gasteiger partial charge in [0.1, 0.15) is 5.76 Å². The number of piperidine rings is 1. The van der Waals surface area contributed by atoms with Crippen LogP contribution in [0.1, 0.15) is 44.9 Å². The van der Waals surface area contributed by atoms with Crippen LogP contribution in [0.5, 0.6) is 0 Å². The van der Waals surface area contributed by atoms with Crippen LogP contribution >= 0.6 is 0 Å². The highest BCUT2D eigenvalue weighted by atomic mass is 16.3. The van der Waals surface area contributed by atoms with Crippen molar-refractivity contribution in [1.82, 2.24) is 4.90 Å². The summed E-state index contributed by atoms with van der Waals surface area (Å²) in [6.45, 7) is 5.45. The Morgan fingerprint density at radius 3 is 2.88 bits per heavy atom. The molecule has 1 fully saturated rings. The van der Waals surface area contributed by atoms with Gasteiger partial charge in [-0.1, -0.05) is 6.42 Å².